The third-order valence-corrected chi connectivity index (χ3v) is 4.15. The van der Waals surface area contributed by atoms with E-state index in [9.17, 15) is 4.79 Å². The first-order valence-corrected chi connectivity index (χ1v) is 7.15. The summed E-state index contributed by atoms with van der Waals surface area (Å²) in [4.78, 5) is 11.9. The van der Waals surface area contributed by atoms with E-state index in [0.29, 0.717) is 16.5 Å². The van der Waals surface area contributed by atoms with Gasteiger partial charge in [0.05, 0.1) is 0 Å². The van der Waals surface area contributed by atoms with E-state index < -0.39 is 0 Å². The van der Waals surface area contributed by atoms with Crippen LogP contribution in [0.25, 0.3) is 0 Å². The van der Waals surface area contributed by atoms with Crippen LogP contribution in [0.3, 0.4) is 0 Å². The van der Waals surface area contributed by atoms with Crippen LogP contribution >= 0.6 is 23.2 Å². The van der Waals surface area contributed by atoms with Crippen LogP contribution in [0.1, 0.15) is 29.0 Å². The summed E-state index contributed by atoms with van der Waals surface area (Å²) in [5, 5.41) is 4.11. The van der Waals surface area contributed by atoms with Gasteiger partial charge in [0.15, 0.2) is 0 Å². The van der Waals surface area contributed by atoms with Gasteiger partial charge < -0.3 is 5.32 Å². The zero-order chi connectivity index (χ0) is 14.3. The van der Waals surface area contributed by atoms with Gasteiger partial charge in [0.1, 0.15) is 0 Å². The number of carbonyl (C=O) groups excluding carboxylic acids is 1. The molecular weight excluding hydrogens is 293 g/mol. The lowest BCUT2D eigenvalue weighted by Crippen LogP contribution is -2.23. The molecule has 0 aliphatic carbocycles. The lowest BCUT2D eigenvalue weighted by Gasteiger charge is -2.27. The third-order valence-electron chi connectivity index (χ3n) is 3.58. The Morgan fingerprint density at radius 1 is 1.10 bits per heavy atom. The molecular formula is C16H13Cl2NO. The minimum atomic E-state index is -0.0246. The Hall–Kier alpha value is -1.51. The maximum absolute atomic E-state index is 11.9. The molecule has 1 aliphatic heterocycles. The van der Waals surface area contributed by atoms with Crippen LogP contribution in [0.15, 0.2) is 36.4 Å². The van der Waals surface area contributed by atoms with Crippen molar-refractivity contribution in [3.05, 3.63) is 63.1 Å². The number of amides is 1. The molecule has 0 aromatic heterocycles. The molecule has 2 aromatic rings. The average Bonchev–Trinajstić information content (AvgIpc) is 2.39. The van der Waals surface area contributed by atoms with Crippen molar-refractivity contribution in [1.82, 2.24) is 0 Å². The number of hydrogen-bond acceptors (Lipinski definition) is 1. The second-order valence-electron chi connectivity index (χ2n) is 5.06. The van der Waals surface area contributed by atoms with Crippen LogP contribution in [-0.2, 0) is 4.79 Å². The molecule has 1 N–H and O–H groups in total. The van der Waals surface area contributed by atoms with E-state index in [2.05, 4.69) is 11.4 Å². The third kappa shape index (κ3) is 2.41. The van der Waals surface area contributed by atoms with Crippen molar-refractivity contribution in [3.63, 3.8) is 0 Å². The first kappa shape index (κ1) is 13.5. The number of carbonyl (C=O) groups is 1. The normalized spacial score (nSPS) is 17.6. The molecule has 0 fully saturated rings. The molecule has 0 radical (unpaired) electrons. The van der Waals surface area contributed by atoms with Crippen molar-refractivity contribution in [2.75, 3.05) is 5.32 Å². The highest BCUT2D eigenvalue weighted by atomic mass is 35.5. The van der Waals surface area contributed by atoms with Gasteiger partial charge in [-0.1, -0.05) is 47.0 Å². The SMILES string of the molecule is Cc1ccc2c(c1)C(c1ccc(Cl)cc1Cl)CC(=O)N2. The maximum Gasteiger partial charge on any atom is 0.225 e. The summed E-state index contributed by atoms with van der Waals surface area (Å²) in [6.45, 7) is 2.04. The summed E-state index contributed by atoms with van der Waals surface area (Å²) in [6, 6.07) is 11.5. The van der Waals surface area contributed by atoms with E-state index in [0.717, 1.165) is 22.4 Å². The Morgan fingerprint density at radius 2 is 1.90 bits per heavy atom. The van der Waals surface area contributed by atoms with Crippen molar-refractivity contribution in [2.45, 2.75) is 19.3 Å². The fourth-order valence-electron chi connectivity index (χ4n) is 2.64. The molecule has 0 bridgehead atoms. The fourth-order valence-corrected chi connectivity index (χ4v) is 3.18. The van der Waals surface area contributed by atoms with E-state index in [4.69, 9.17) is 23.2 Å². The van der Waals surface area contributed by atoms with Crippen LogP contribution in [0.2, 0.25) is 10.0 Å². The Labute approximate surface area is 127 Å². The Morgan fingerprint density at radius 3 is 2.65 bits per heavy atom. The van der Waals surface area contributed by atoms with Crippen molar-refractivity contribution < 1.29 is 4.79 Å². The van der Waals surface area contributed by atoms with Gasteiger partial charge in [-0.15, -0.1) is 0 Å². The Kier molecular flexibility index (Phi) is 3.45. The van der Waals surface area contributed by atoms with E-state index >= 15 is 0 Å². The zero-order valence-corrected chi connectivity index (χ0v) is 12.4. The topological polar surface area (TPSA) is 29.1 Å². The number of benzene rings is 2. The fraction of sp³-hybridized carbons (Fsp3) is 0.188. The monoisotopic (exact) mass is 305 g/mol. The summed E-state index contributed by atoms with van der Waals surface area (Å²) in [7, 11) is 0. The van der Waals surface area contributed by atoms with Crippen LogP contribution in [0.4, 0.5) is 5.69 Å². The number of anilines is 1. The van der Waals surface area contributed by atoms with Gasteiger partial charge in [-0.05, 0) is 36.2 Å². The number of fused-ring (bicyclic) bond motifs is 1. The van der Waals surface area contributed by atoms with Crippen molar-refractivity contribution in [2.24, 2.45) is 0 Å². The van der Waals surface area contributed by atoms with Gasteiger partial charge >= 0.3 is 0 Å². The minimum Gasteiger partial charge on any atom is -0.326 e. The molecule has 1 unspecified atom stereocenters. The van der Waals surface area contributed by atoms with Crippen LogP contribution < -0.4 is 5.32 Å². The van der Waals surface area contributed by atoms with Gasteiger partial charge in [0, 0.05) is 28.1 Å². The quantitative estimate of drug-likeness (QED) is 0.807. The number of aryl methyl sites for hydroxylation is 1. The highest BCUT2D eigenvalue weighted by molar-refractivity contribution is 6.35. The summed E-state index contributed by atoms with van der Waals surface area (Å²) >= 11 is 12.2. The molecule has 0 saturated heterocycles. The summed E-state index contributed by atoms with van der Waals surface area (Å²) in [5.74, 6) is -0.0132. The van der Waals surface area contributed by atoms with Gasteiger partial charge in [-0.3, -0.25) is 4.79 Å². The average molecular weight is 306 g/mol. The molecule has 0 spiro atoms. The highest BCUT2D eigenvalue weighted by Gasteiger charge is 2.27. The lowest BCUT2D eigenvalue weighted by atomic mass is 9.84. The van der Waals surface area contributed by atoms with E-state index in [-0.39, 0.29) is 11.8 Å². The summed E-state index contributed by atoms with van der Waals surface area (Å²) in [5.41, 5.74) is 4.07. The van der Waals surface area contributed by atoms with Crippen LogP contribution in [0, 0.1) is 6.92 Å². The van der Waals surface area contributed by atoms with Crippen molar-refractivity contribution in [1.29, 1.82) is 0 Å². The molecule has 0 saturated carbocycles. The van der Waals surface area contributed by atoms with Crippen molar-refractivity contribution >= 4 is 34.8 Å². The first-order valence-electron chi connectivity index (χ1n) is 6.40. The summed E-state index contributed by atoms with van der Waals surface area (Å²) in [6.07, 6.45) is 0.401. The molecule has 2 aromatic carbocycles. The molecule has 1 aliphatic rings. The molecule has 102 valence electrons. The van der Waals surface area contributed by atoms with E-state index in [1.54, 1.807) is 6.07 Å². The lowest BCUT2D eigenvalue weighted by molar-refractivity contribution is -0.116. The second-order valence-corrected chi connectivity index (χ2v) is 5.91. The Balaban J connectivity index is 2.14. The number of nitrogens with one attached hydrogen (secondary N) is 1. The number of halogens is 2. The van der Waals surface area contributed by atoms with Gasteiger partial charge in [0.25, 0.3) is 0 Å². The predicted molar refractivity (Wildman–Crippen MR) is 82.7 cm³/mol. The predicted octanol–water partition coefficient (Wildman–Crippen LogP) is 4.78. The number of rotatable bonds is 1. The van der Waals surface area contributed by atoms with Crippen molar-refractivity contribution in [3.8, 4) is 0 Å². The molecule has 2 nitrogen and oxygen atoms in total. The van der Waals surface area contributed by atoms with E-state index in [1.165, 1.54) is 0 Å². The molecule has 1 heterocycles. The standard InChI is InChI=1S/C16H13Cl2NO/c1-9-2-5-15-13(6-9)12(8-16(20)19-15)11-4-3-10(17)7-14(11)18/h2-7,12H,8H2,1H3,(H,19,20). The molecule has 3 rings (SSSR count). The Bertz CT molecular complexity index is 697. The molecule has 1 atom stereocenters. The molecule has 20 heavy (non-hydrogen) atoms. The summed E-state index contributed by atoms with van der Waals surface area (Å²) < 4.78 is 0. The largest absolute Gasteiger partial charge is 0.326 e. The van der Waals surface area contributed by atoms with E-state index in [1.807, 2.05) is 31.2 Å². The minimum absolute atomic E-state index is 0.0115. The molecule has 1 amide bonds. The first-order chi connectivity index (χ1) is 9.54. The highest BCUT2D eigenvalue weighted by Crippen LogP contribution is 2.40. The van der Waals surface area contributed by atoms with Gasteiger partial charge in [-0.2, -0.15) is 0 Å². The van der Waals surface area contributed by atoms with Crippen LogP contribution in [-0.4, -0.2) is 5.91 Å². The number of hydrogen-bond donors (Lipinski definition) is 1. The van der Waals surface area contributed by atoms with Gasteiger partial charge in [0.2, 0.25) is 5.91 Å². The maximum atomic E-state index is 11.9. The van der Waals surface area contributed by atoms with Crippen LogP contribution in [0.5, 0.6) is 0 Å². The van der Waals surface area contributed by atoms with Gasteiger partial charge in [-0.25, -0.2) is 0 Å². The molecule has 4 heteroatoms. The second kappa shape index (κ2) is 5.12. The zero-order valence-electron chi connectivity index (χ0n) is 10.9. The smallest absolute Gasteiger partial charge is 0.225 e.